The molecule has 0 spiro atoms. The second-order valence-electron chi connectivity index (χ2n) is 3.28. The van der Waals surface area contributed by atoms with Crippen molar-refractivity contribution in [3.05, 3.63) is 12.4 Å². The molecule has 5 heteroatoms. The molecule has 0 bridgehead atoms. The van der Waals surface area contributed by atoms with Crippen LogP contribution < -0.4 is 4.68 Å². The molecule has 12 heavy (non-hydrogen) atoms. The standard InChI is InChI=1S/C7H11N3O2/c1-7(2,5-6(11)12)10-4-3-8-9-10/h3-4H,5H2,1-2H3,(H,11,12)/p+1. The summed E-state index contributed by atoms with van der Waals surface area (Å²) in [5.41, 5.74) is -0.456. The van der Waals surface area contributed by atoms with Crippen LogP contribution in [0.3, 0.4) is 0 Å². The Hall–Kier alpha value is -1.39. The fourth-order valence-corrected chi connectivity index (χ4v) is 1.02. The summed E-state index contributed by atoms with van der Waals surface area (Å²) in [5, 5.41) is 15.0. The van der Waals surface area contributed by atoms with Crippen LogP contribution in [0.15, 0.2) is 12.4 Å². The van der Waals surface area contributed by atoms with Crippen LogP contribution in [0.25, 0.3) is 0 Å². The lowest BCUT2D eigenvalue weighted by Gasteiger charge is -2.16. The van der Waals surface area contributed by atoms with Gasteiger partial charge in [-0.25, -0.2) is 0 Å². The van der Waals surface area contributed by atoms with E-state index < -0.39 is 11.5 Å². The summed E-state index contributed by atoms with van der Waals surface area (Å²) in [7, 11) is 0. The summed E-state index contributed by atoms with van der Waals surface area (Å²) < 4.78 is 1.67. The van der Waals surface area contributed by atoms with E-state index >= 15 is 0 Å². The molecule has 0 aliphatic heterocycles. The number of nitrogens with one attached hydrogen (secondary N) is 1. The summed E-state index contributed by atoms with van der Waals surface area (Å²) in [4.78, 5) is 10.5. The van der Waals surface area contributed by atoms with Crippen molar-refractivity contribution in [2.45, 2.75) is 25.8 Å². The molecule has 0 unspecified atom stereocenters. The van der Waals surface area contributed by atoms with Crippen LogP contribution in [0.2, 0.25) is 0 Å². The summed E-state index contributed by atoms with van der Waals surface area (Å²) in [6, 6.07) is 0. The van der Waals surface area contributed by atoms with Crippen molar-refractivity contribution in [3.63, 3.8) is 0 Å². The minimum absolute atomic E-state index is 0.0693. The fourth-order valence-electron chi connectivity index (χ4n) is 1.02. The number of carboxylic acid groups (broad SMARTS) is 1. The molecule has 1 aromatic rings. The predicted molar refractivity (Wildman–Crippen MR) is 40.4 cm³/mol. The molecule has 0 aromatic carbocycles. The van der Waals surface area contributed by atoms with Crippen molar-refractivity contribution in [2.75, 3.05) is 0 Å². The molecule has 1 rings (SSSR count). The molecule has 0 aliphatic rings. The molecule has 5 nitrogen and oxygen atoms in total. The van der Waals surface area contributed by atoms with Gasteiger partial charge in [0.15, 0.2) is 6.20 Å². The second-order valence-corrected chi connectivity index (χ2v) is 3.28. The van der Waals surface area contributed by atoms with E-state index in [0.717, 1.165) is 0 Å². The van der Waals surface area contributed by atoms with Gasteiger partial charge in [0.25, 0.3) is 0 Å². The number of carboxylic acids is 1. The lowest BCUT2D eigenvalue weighted by atomic mass is 10.0. The number of hydrogen-bond donors (Lipinski definition) is 2. The van der Waals surface area contributed by atoms with E-state index in [9.17, 15) is 4.79 Å². The number of aromatic nitrogens is 3. The normalized spacial score (nSPS) is 11.5. The molecule has 0 radical (unpaired) electrons. The molecule has 0 aliphatic carbocycles. The molecule has 0 amide bonds. The Bertz CT molecular complexity index is 266. The number of H-pyrrole nitrogens is 1. The topological polar surface area (TPSA) is 69.9 Å². The van der Waals surface area contributed by atoms with Gasteiger partial charge in [0, 0.05) is 5.10 Å². The van der Waals surface area contributed by atoms with Crippen LogP contribution in [-0.2, 0) is 10.3 Å². The van der Waals surface area contributed by atoms with E-state index in [-0.39, 0.29) is 6.42 Å². The van der Waals surface area contributed by atoms with Crippen molar-refractivity contribution >= 4 is 5.97 Å². The molecule has 0 atom stereocenters. The quantitative estimate of drug-likeness (QED) is 0.623. The first-order valence-corrected chi connectivity index (χ1v) is 3.66. The monoisotopic (exact) mass is 170 g/mol. The van der Waals surface area contributed by atoms with Crippen LogP contribution >= 0.6 is 0 Å². The third-order valence-electron chi connectivity index (χ3n) is 1.69. The highest BCUT2D eigenvalue weighted by Crippen LogP contribution is 2.09. The van der Waals surface area contributed by atoms with Gasteiger partial charge in [-0.15, -0.1) is 0 Å². The van der Waals surface area contributed by atoms with Gasteiger partial charge in [0.05, 0.1) is 6.42 Å². The van der Waals surface area contributed by atoms with Crippen LogP contribution in [0.1, 0.15) is 20.3 Å². The third kappa shape index (κ3) is 1.81. The Morgan fingerprint density at radius 2 is 2.42 bits per heavy atom. The summed E-state index contributed by atoms with van der Waals surface area (Å²) in [6.45, 7) is 3.67. The number of carbonyl (C=O) groups is 1. The van der Waals surface area contributed by atoms with Gasteiger partial charge in [-0.2, -0.15) is 4.68 Å². The molecule has 0 fully saturated rings. The highest BCUT2D eigenvalue weighted by atomic mass is 16.4. The van der Waals surface area contributed by atoms with Crippen LogP contribution in [0.5, 0.6) is 0 Å². The van der Waals surface area contributed by atoms with E-state index in [2.05, 4.69) is 10.3 Å². The number of rotatable bonds is 3. The van der Waals surface area contributed by atoms with Crippen LogP contribution in [0, 0.1) is 0 Å². The van der Waals surface area contributed by atoms with Crippen molar-refractivity contribution in [1.82, 2.24) is 10.3 Å². The molecule has 1 heterocycles. The zero-order valence-corrected chi connectivity index (χ0v) is 7.11. The van der Waals surface area contributed by atoms with E-state index in [1.807, 2.05) is 13.8 Å². The molecule has 66 valence electrons. The summed E-state index contributed by atoms with van der Waals surface area (Å²) in [5.74, 6) is -0.817. The summed E-state index contributed by atoms with van der Waals surface area (Å²) >= 11 is 0. The molecular weight excluding hydrogens is 158 g/mol. The van der Waals surface area contributed by atoms with Crippen molar-refractivity contribution in [2.24, 2.45) is 0 Å². The number of aromatic amines is 1. The lowest BCUT2D eigenvalue weighted by molar-refractivity contribution is -0.808. The smallest absolute Gasteiger partial charge is 0.308 e. The van der Waals surface area contributed by atoms with Gasteiger partial charge in [-0.1, -0.05) is 5.21 Å². The minimum Gasteiger partial charge on any atom is -0.481 e. The Balaban J connectivity index is 2.79. The van der Waals surface area contributed by atoms with Crippen molar-refractivity contribution < 1.29 is 14.6 Å². The average Bonchev–Trinajstić information content (AvgIpc) is 2.32. The first-order valence-electron chi connectivity index (χ1n) is 3.66. The number of hydrogen-bond acceptors (Lipinski definition) is 2. The highest BCUT2D eigenvalue weighted by molar-refractivity contribution is 5.67. The van der Waals surface area contributed by atoms with Gasteiger partial charge in [0.1, 0.15) is 5.54 Å². The first-order chi connectivity index (χ1) is 5.52. The maximum atomic E-state index is 10.5. The van der Waals surface area contributed by atoms with Crippen molar-refractivity contribution in [3.8, 4) is 0 Å². The number of aliphatic carboxylic acids is 1. The van der Waals surface area contributed by atoms with E-state index in [1.54, 1.807) is 17.1 Å². The highest BCUT2D eigenvalue weighted by Gasteiger charge is 2.29. The fraction of sp³-hybridized carbons (Fsp3) is 0.571. The zero-order valence-electron chi connectivity index (χ0n) is 7.11. The molecule has 1 aromatic heterocycles. The molecule has 0 saturated carbocycles. The van der Waals surface area contributed by atoms with Crippen LogP contribution in [0.4, 0.5) is 0 Å². The van der Waals surface area contributed by atoms with E-state index in [4.69, 9.17) is 5.11 Å². The maximum absolute atomic E-state index is 10.5. The van der Waals surface area contributed by atoms with Gasteiger partial charge in [-0.05, 0) is 13.8 Å². The SMILES string of the molecule is CC(C)(CC(=O)O)[n+]1ccn[nH]1. The zero-order chi connectivity index (χ0) is 9.19. The predicted octanol–water partition coefficient (Wildman–Crippen LogP) is -0.0930. The second kappa shape index (κ2) is 2.92. The van der Waals surface area contributed by atoms with Gasteiger partial charge < -0.3 is 5.11 Å². The maximum Gasteiger partial charge on any atom is 0.308 e. The third-order valence-corrected chi connectivity index (χ3v) is 1.69. The van der Waals surface area contributed by atoms with Crippen LogP contribution in [-0.4, -0.2) is 21.4 Å². The lowest BCUT2D eigenvalue weighted by Crippen LogP contribution is -2.54. The molecule has 0 saturated heterocycles. The van der Waals surface area contributed by atoms with Gasteiger partial charge in [0.2, 0.25) is 6.20 Å². The Morgan fingerprint density at radius 1 is 1.75 bits per heavy atom. The Labute approximate surface area is 70.0 Å². The summed E-state index contributed by atoms with van der Waals surface area (Å²) in [6.07, 6.45) is 3.37. The van der Waals surface area contributed by atoms with Crippen molar-refractivity contribution in [1.29, 1.82) is 0 Å². The molecular formula is C7H12N3O2+. The van der Waals surface area contributed by atoms with E-state index in [0.29, 0.717) is 0 Å². The molecule has 2 N–H and O–H groups in total. The minimum atomic E-state index is -0.817. The first kappa shape index (κ1) is 8.70. The number of nitrogens with zero attached hydrogens (tertiary/aromatic N) is 2. The van der Waals surface area contributed by atoms with Gasteiger partial charge in [-0.3, -0.25) is 4.79 Å². The van der Waals surface area contributed by atoms with E-state index in [1.165, 1.54) is 0 Å². The Kier molecular flexibility index (Phi) is 2.12. The van der Waals surface area contributed by atoms with Gasteiger partial charge >= 0.3 is 5.97 Å². The Morgan fingerprint density at radius 3 is 2.83 bits per heavy atom. The average molecular weight is 170 g/mol. The largest absolute Gasteiger partial charge is 0.481 e.